The molecule has 61 heavy (non-hydrogen) atoms. The van der Waals surface area contributed by atoms with Crippen LogP contribution in [0.15, 0.2) is 206 Å². The lowest BCUT2D eigenvalue weighted by atomic mass is 9.67. The van der Waals surface area contributed by atoms with E-state index in [4.69, 9.17) is 0 Å². The van der Waals surface area contributed by atoms with E-state index in [0.29, 0.717) is 0 Å². The number of nitrogens with zero attached hydrogens (tertiary/aromatic N) is 2. The molecule has 0 aliphatic heterocycles. The number of hydrogen-bond donors (Lipinski definition) is 0. The van der Waals surface area contributed by atoms with E-state index in [0.717, 1.165) is 22.7 Å². The summed E-state index contributed by atoms with van der Waals surface area (Å²) in [5, 5.41) is 2.51. The molecule has 0 saturated heterocycles. The minimum Gasteiger partial charge on any atom is -0.311 e. The maximum Gasteiger partial charge on any atom is 0.0713 e. The van der Waals surface area contributed by atoms with Gasteiger partial charge in [0.2, 0.25) is 0 Å². The zero-order valence-corrected chi connectivity index (χ0v) is 35.0. The van der Waals surface area contributed by atoms with Gasteiger partial charge in [0.25, 0.3) is 0 Å². The van der Waals surface area contributed by atoms with Gasteiger partial charge in [-0.05, 0) is 145 Å². The highest BCUT2D eigenvalue weighted by Gasteiger charge is 2.45. The Balaban J connectivity index is 1.01. The molecule has 0 spiro atoms. The Bertz CT molecular complexity index is 3150. The second kappa shape index (κ2) is 14.4. The van der Waals surface area contributed by atoms with Crippen LogP contribution in [-0.2, 0) is 5.41 Å². The Morgan fingerprint density at radius 3 is 1.31 bits per heavy atom. The van der Waals surface area contributed by atoms with Gasteiger partial charge in [0.1, 0.15) is 0 Å². The van der Waals surface area contributed by atoms with Gasteiger partial charge in [-0.2, -0.15) is 0 Å². The van der Waals surface area contributed by atoms with E-state index in [2.05, 4.69) is 243 Å². The predicted octanol–water partition coefficient (Wildman–Crippen LogP) is 15.5. The average molecular weight is 783 g/mol. The lowest BCUT2D eigenvalue weighted by Crippen LogP contribution is -2.28. The maximum absolute atomic E-state index is 2.42. The standard InChI is InChI=1S/C59H46N2/c1-39-13-23-45(24-14-39)59(55-11-7-5-9-51(55)52-10-6-8-12-56(52)59)46-25-20-43(21-26-46)44-22-36-58-54(38-44)53-37-42(4)19-35-57(53)61(58)50-33-31-49(32-34-50)60(47-27-15-40(2)16-28-47)48-29-17-41(3)18-30-48/h5-38H,1-4H3. The van der Waals surface area contributed by atoms with E-state index in [1.807, 2.05) is 0 Å². The van der Waals surface area contributed by atoms with Crippen LogP contribution in [0.3, 0.4) is 0 Å². The summed E-state index contributed by atoms with van der Waals surface area (Å²) in [6.07, 6.45) is 0. The number of benzene rings is 9. The van der Waals surface area contributed by atoms with Gasteiger partial charge in [-0.25, -0.2) is 0 Å². The number of anilines is 3. The molecule has 0 fully saturated rings. The van der Waals surface area contributed by atoms with E-state index >= 15 is 0 Å². The zero-order valence-electron chi connectivity index (χ0n) is 35.0. The van der Waals surface area contributed by atoms with E-state index in [1.54, 1.807) is 0 Å². The molecule has 1 aromatic heterocycles. The predicted molar refractivity (Wildman–Crippen MR) is 257 cm³/mol. The van der Waals surface area contributed by atoms with Crippen LogP contribution >= 0.6 is 0 Å². The Kier molecular flexibility index (Phi) is 8.65. The minimum atomic E-state index is -0.416. The van der Waals surface area contributed by atoms with Crippen LogP contribution in [0.25, 0.3) is 49.7 Å². The largest absolute Gasteiger partial charge is 0.311 e. The average Bonchev–Trinajstić information content (AvgIpc) is 3.78. The first-order valence-electron chi connectivity index (χ1n) is 21.3. The summed E-state index contributed by atoms with van der Waals surface area (Å²) in [4.78, 5) is 2.34. The second-order valence-corrected chi connectivity index (χ2v) is 16.9. The quantitative estimate of drug-likeness (QED) is 0.156. The lowest BCUT2D eigenvalue weighted by molar-refractivity contribution is 0.768. The monoisotopic (exact) mass is 782 g/mol. The molecule has 2 heteroatoms. The molecule has 1 aliphatic rings. The van der Waals surface area contributed by atoms with Crippen LogP contribution in [0.2, 0.25) is 0 Å². The molecular formula is C59H46N2. The van der Waals surface area contributed by atoms with Gasteiger partial charge in [-0.3, -0.25) is 0 Å². The van der Waals surface area contributed by atoms with Gasteiger partial charge < -0.3 is 9.47 Å². The van der Waals surface area contributed by atoms with Crippen LogP contribution in [0.4, 0.5) is 17.1 Å². The molecule has 0 bridgehead atoms. The second-order valence-electron chi connectivity index (χ2n) is 16.9. The first kappa shape index (κ1) is 36.6. The molecule has 0 N–H and O–H groups in total. The van der Waals surface area contributed by atoms with Crippen molar-refractivity contribution in [3.8, 4) is 27.9 Å². The normalized spacial score (nSPS) is 12.7. The van der Waals surface area contributed by atoms with Gasteiger partial charge in [0.05, 0.1) is 16.4 Å². The molecule has 9 aromatic carbocycles. The number of hydrogen-bond acceptors (Lipinski definition) is 1. The minimum absolute atomic E-state index is 0.416. The Morgan fingerprint density at radius 1 is 0.361 bits per heavy atom. The highest BCUT2D eigenvalue weighted by Crippen LogP contribution is 2.56. The van der Waals surface area contributed by atoms with Crippen molar-refractivity contribution in [1.82, 2.24) is 4.57 Å². The highest BCUT2D eigenvalue weighted by atomic mass is 15.1. The Morgan fingerprint density at radius 2 is 0.770 bits per heavy atom. The fourth-order valence-electron chi connectivity index (χ4n) is 9.92. The van der Waals surface area contributed by atoms with Gasteiger partial charge in [-0.15, -0.1) is 0 Å². The molecule has 292 valence electrons. The maximum atomic E-state index is 2.42. The number of rotatable bonds is 7. The summed E-state index contributed by atoms with van der Waals surface area (Å²) < 4.78 is 2.42. The van der Waals surface area contributed by atoms with Gasteiger partial charge in [-0.1, -0.05) is 156 Å². The third-order valence-corrected chi connectivity index (χ3v) is 13.0. The highest BCUT2D eigenvalue weighted by molar-refractivity contribution is 6.10. The van der Waals surface area contributed by atoms with E-state index in [1.165, 1.54) is 88.6 Å². The van der Waals surface area contributed by atoms with Crippen LogP contribution in [-0.4, -0.2) is 4.57 Å². The van der Waals surface area contributed by atoms with Gasteiger partial charge in [0, 0.05) is 33.5 Å². The molecule has 11 rings (SSSR count). The first-order chi connectivity index (χ1) is 29.9. The van der Waals surface area contributed by atoms with Crippen molar-refractivity contribution in [2.24, 2.45) is 0 Å². The van der Waals surface area contributed by atoms with Crippen molar-refractivity contribution < 1.29 is 0 Å². The van der Waals surface area contributed by atoms with E-state index in [9.17, 15) is 0 Å². The van der Waals surface area contributed by atoms with Crippen molar-refractivity contribution >= 4 is 38.9 Å². The number of aryl methyl sites for hydroxylation is 4. The van der Waals surface area contributed by atoms with Crippen molar-refractivity contribution in [3.05, 3.63) is 251 Å². The number of aromatic nitrogens is 1. The SMILES string of the molecule is Cc1ccc(N(c2ccc(C)cc2)c2ccc(-n3c4ccc(C)cc4c4cc(-c5ccc(C6(c7ccc(C)cc7)c7ccccc7-c7ccccc76)cc5)ccc43)cc2)cc1. The van der Waals surface area contributed by atoms with Crippen molar-refractivity contribution in [2.45, 2.75) is 33.1 Å². The third kappa shape index (κ3) is 5.93. The molecule has 0 radical (unpaired) electrons. The molecule has 0 unspecified atom stereocenters. The first-order valence-corrected chi connectivity index (χ1v) is 21.3. The summed E-state index contributed by atoms with van der Waals surface area (Å²) in [6, 6.07) is 76.9. The lowest BCUT2D eigenvalue weighted by Gasteiger charge is -2.34. The Hall–Kier alpha value is -7.42. The van der Waals surface area contributed by atoms with Crippen LogP contribution in [0, 0.1) is 27.7 Å². The summed E-state index contributed by atoms with van der Waals surface area (Å²) in [5.41, 5.74) is 21.8. The Labute approximate surface area is 358 Å². The molecule has 1 heterocycles. The van der Waals surface area contributed by atoms with Crippen molar-refractivity contribution in [3.63, 3.8) is 0 Å². The van der Waals surface area contributed by atoms with Crippen LogP contribution in [0.5, 0.6) is 0 Å². The molecule has 1 aliphatic carbocycles. The van der Waals surface area contributed by atoms with Crippen molar-refractivity contribution in [1.29, 1.82) is 0 Å². The topological polar surface area (TPSA) is 8.17 Å². The smallest absolute Gasteiger partial charge is 0.0713 e. The molecule has 2 nitrogen and oxygen atoms in total. The van der Waals surface area contributed by atoms with Crippen LogP contribution in [0.1, 0.15) is 44.5 Å². The number of fused-ring (bicyclic) bond motifs is 6. The van der Waals surface area contributed by atoms with Gasteiger partial charge in [0.15, 0.2) is 0 Å². The molecular weight excluding hydrogens is 737 g/mol. The molecule has 0 saturated carbocycles. The summed E-state index contributed by atoms with van der Waals surface area (Å²) >= 11 is 0. The fraction of sp³-hybridized carbons (Fsp3) is 0.0847. The molecule has 0 amide bonds. The van der Waals surface area contributed by atoms with E-state index in [-0.39, 0.29) is 0 Å². The summed E-state index contributed by atoms with van der Waals surface area (Å²) in [6.45, 7) is 8.63. The molecule has 0 atom stereocenters. The molecule has 10 aromatic rings. The summed E-state index contributed by atoms with van der Waals surface area (Å²) in [7, 11) is 0. The fourth-order valence-corrected chi connectivity index (χ4v) is 9.92. The zero-order chi connectivity index (χ0) is 41.2. The van der Waals surface area contributed by atoms with Crippen molar-refractivity contribution in [2.75, 3.05) is 4.90 Å². The summed E-state index contributed by atoms with van der Waals surface area (Å²) in [5.74, 6) is 0. The van der Waals surface area contributed by atoms with E-state index < -0.39 is 5.41 Å². The third-order valence-electron chi connectivity index (χ3n) is 13.0. The van der Waals surface area contributed by atoms with Gasteiger partial charge >= 0.3 is 0 Å². The van der Waals surface area contributed by atoms with Crippen LogP contribution < -0.4 is 4.90 Å².